The number of nitrogens with zero attached hydrogens (tertiary/aromatic N) is 2. The zero-order chi connectivity index (χ0) is 9.68. The van der Waals surface area contributed by atoms with Gasteiger partial charge >= 0.3 is 0 Å². The smallest absolute Gasteiger partial charge is 0.258 e. The fourth-order valence-corrected chi connectivity index (χ4v) is 0.752. The van der Waals surface area contributed by atoms with Crippen LogP contribution in [0.25, 0.3) is 0 Å². The lowest BCUT2D eigenvalue weighted by Crippen LogP contribution is -2.03. The van der Waals surface area contributed by atoms with Crippen LogP contribution in [0.1, 0.15) is 19.8 Å². The van der Waals surface area contributed by atoms with Gasteiger partial charge in [0.15, 0.2) is 5.82 Å². The normalized spacial score (nSPS) is 10.0. The first-order chi connectivity index (χ1) is 6.24. The van der Waals surface area contributed by atoms with E-state index < -0.39 is 5.95 Å². The van der Waals surface area contributed by atoms with E-state index in [1.165, 1.54) is 6.20 Å². The van der Waals surface area contributed by atoms with E-state index in [1.54, 1.807) is 0 Å². The number of rotatable bonds is 4. The van der Waals surface area contributed by atoms with E-state index in [-0.39, 0.29) is 11.7 Å². The van der Waals surface area contributed by atoms with Crippen molar-refractivity contribution in [1.29, 1.82) is 0 Å². The van der Waals surface area contributed by atoms with Gasteiger partial charge in [-0.2, -0.15) is 9.37 Å². The van der Waals surface area contributed by atoms with Gasteiger partial charge in [-0.05, 0) is 6.42 Å². The average molecular weight is 185 g/mol. The Bertz CT molecular complexity index is 280. The van der Waals surface area contributed by atoms with Gasteiger partial charge in [-0.15, -0.1) is 0 Å². The Morgan fingerprint density at radius 2 is 2.38 bits per heavy atom. The van der Waals surface area contributed by atoms with Crippen molar-refractivity contribution in [2.45, 2.75) is 19.8 Å². The minimum Gasteiger partial charge on any atom is -0.477 e. The Morgan fingerprint density at radius 3 is 3.00 bits per heavy atom. The van der Waals surface area contributed by atoms with Gasteiger partial charge in [0, 0.05) is 0 Å². The molecule has 1 aromatic heterocycles. The number of anilines is 1. The number of nitrogen functional groups attached to an aromatic ring is 1. The number of unbranched alkanes of at least 4 members (excludes halogenated alkanes) is 1. The average Bonchev–Trinajstić information content (AvgIpc) is 2.12. The number of halogens is 1. The lowest BCUT2D eigenvalue weighted by Gasteiger charge is -2.03. The van der Waals surface area contributed by atoms with Crippen molar-refractivity contribution >= 4 is 5.82 Å². The highest BCUT2D eigenvalue weighted by molar-refractivity contribution is 5.26. The molecule has 0 amide bonds. The van der Waals surface area contributed by atoms with Crippen LogP contribution in [0, 0.1) is 5.95 Å². The van der Waals surface area contributed by atoms with E-state index in [9.17, 15) is 4.39 Å². The van der Waals surface area contributed by atoms with Crippen LogP contribution in [-0.2, 0) is 0 Å². The molecule has 0 spiro atoms. The molecule has 0 fully saturated rings. The molecule has 0 aliphatic heterocycles. The molecule has 72 valence electrons. The summed E-state index contributed by atoms with van der Waals surface area (Å²) >= 11 is 0. The SMILES string of the molecule is CCCCOc1cnc(N)c(F)n1. The molecule has 1 aromatic rings. The standard InChI is InChI=1S/C8H12FN3O/c1-2-3-4-13-6-5-11-8(10)7(9)12-6/h5H,2-4H2,1H3,(H2,10,11). The first-order valence-electron chi connectivity index (χ1n) is 4.15. The molecular weight excluding hydrogens is 173 g/mol. The van der Waals surface area contributed by atoms with Crippen molar-refractivity contribution < 1.29 is 9.13 Å². The van der Waals surface area contributed by atoms with E-state index in [0.717, 1.165) is 12.8 Å². The van der Waals surface area contributed by atoms with Crippen LogP contribution in [-0.4, -0.2) is 16.6 Å². The second-order valence-corrected chi connectivity index (χ2v) is 2.59. The maximum Gasteiger partial charge on any atom is 0.258 e. The zero-order valence-electron chi connectivity index (χ0n) is 7.46. The third-order valence-electron chi connectivity index (χ3n) is 1.48. The Balaban J connectivity index is 2.53. The molecule has 13 heavy (non-hydrogen) atoms. The minimum atomic E-state index is -0.783. The van der Waals surface area contributed by atoms with Crippen molar-refractivity contribution in [3.63, 3.8) is 0 Å². The van der Waals surface area contributed by atoms with Gasteiger partial charge in [-0.1, -0.05) is 13.3 Å². The maximum atomic E-state index is 12.7. The summed E-state index contributed by atoms with van der Waals surface area (Å²) in [6.07, 6.45) is 3.24. The topological polar surface area (TPSA) is 61.0 Å². The van der Waals surface area contributed by atoms with Crippen LogP contribution in [0.5, 0.6) is 5.88 Å². The van der Waals surface area contributed by atoms with Crippen molar-refractivity contribution in [2.24, 2.45) is 0 Å². The summed E-state index contributed by atoms with van der Waals surface area (Å²) in [5.41, 5.74) is 5.14. The molecule has 5 heteroatoms. The van der Waals surface area contributed by atoms with Crippen LogP contribution in [0.3, 0.4) is 0 Å². The van der Waals surface area contributed by atoms with Gasteiger partial charge in [0.25, 0.3) is 5.95 Å². The number of hydrogen-bond donors (Lipinski definition) is 1. The molecule has 4 nitrogen and oxygen atoms in total. The maximum absolute atomic E-state index is 12.7. The van der Waals surface area contributed by atoms with Gasteiger partial charge in [-0.25, -0.2) is 4.98 Å². The highest BCUT2D eigenvalue weighted by Crippen LogP contribution is 2.09. The number of ether oxygens (including phenoxy) is 1. The van der Waals surface area contributed by atoms with Gasteiger partial charge in [0.2, 0.25) is 5.88 Å². The van der Waals surface area contributed by atoms with Crippen LogP contribution in [0.2, 0.25) is 0 Å². The molecule has 0 saturated heterocycles. The summed E-state index contributed by atoms with van der Waals surface area (Å²) in [7, 11) is 0. The Hall–Kier alpha value is -1.39. The third-order valence-corrected chi connectivity index (χ3v) is 1.48. The van der Waals surface area contributed by atoms with E-state index in [1.807, 2.05) is 6.92 Å². The zero-order valence-corrected chi connectivity index (χ0v) is 7.46. The van der Waals surface area contributed by atoms with Crippen LogP contribution >= 0.6 is 0 Å². The molecule has 1 heterocycles. The largest absolute Gasteiger partial charge is 0.477 e. The molecule has 2 N–H and O–H groups in total. The molecule has 0 saturated carbocycles. The number of aromatic nitrogens is 2. The van der Waals surface area contributed by atoms with E-state index >= 15 is 0 Å². The summed E-state index contributed by atoms with van der Waals surface area (Å²) in [5.74, 6) is -0.808. The molecule has 0 unspecified atom stereocenters. The predicted molar refractivity (Wildman–Crippen MR) is 46.8 cm³/mol. The fraction of sp³-hybridized carbons (Fsp3) is 0.500. The Labute approximate surface area is 75.9 Å². The molecule has 0 radical (unpaired) electrons. The van der Waals surface area contributed by atoms with E-state index in [0.29, 0.717) is 6.61 Å². The molecular formula is C8H12FN3O. The first-order valence-corrected chi connectivity index (χ1v) is 4.15. The second kappa shape index (κ2) is 4.59. The molecule has 0 aliphatic rings. The minimum absolute atomic E-state index is 0.181. The molecule has 0 bridgehead atoms. The Morgan fingerprint density at radius 1 is 1.62 bits per heavy atom. The van der Waals surface area contributed by atoms with E-state index in [2.05, 4.69) is 9.97 Å². The summed E-state index contributed by atoms with van der Waals surface area (Å²) < 4.78 is 17.8. The number of hydrogen-bond acceptors (Lipinski definition) is 4. The van der Waals surface area contributed by atoms with E-state index in [4.69, 9.17) is 10.5 Å². The summed E-state index contributed by atoms with van der Waals surface area (Å²) in [6.45, 7) is 2.56. The van der Waals surface area contributed by atoms with Crippen LogP contribution in [0.4, 0.5) is 10.2 Å². The molecule has 1 rings (SSSR count). The lowest BCUT2D eigenvalue weighted by atomic mass is 10.4. The first kappa shape index (κ1) is 9.70. The van der Waals surface area contributed by atoms with Crippen molar-refractivity contribution in [3.05, 3.63) is 12.1 Å². The van der Waals surface area contributed by atoms with Crippen molar-refractivity contribution in [1.82, 2.24) is 9.97 Å². The van der Waals surface area contributed by atoms with Gasteiger partial charge in [0.1, 0.15) is 0 Å². The van der Waals surface area contributed by atoms with Gasteiger partial charge in [-0.3, -0.25) is 0 Å². The highest BCUT2D eigenvalue weighted by Gasteiger charge is 2.03. The third kappa shape index (κ3) is 2.85. The molecule has 0 aromatic carbocycles. The second-order valence-electron chi connectivity index (χ2n) is 2.59. The van der Waals surface area contributed by atoms with Crippen LogP contribution < -0.4 is 10.5 Å². The summed E-state index contributed by atoms with van der Waals surface area (Å²) in [6, 6.07) is 0. The molecule has 0 aliphatic carbocycles. The quantitative estimate of drug-likeness (QED) is 0.720. The summed E-state index contributed by atoms with van der Waals surface area (Å²) in [5, 5.41) is 0. The Kier molecular flexibility index (Phi) is 3.42. The predicted octanol–water partition coefficient (Wildman–Crippen LogP) is 1.38. The van der Waals surface area contributed by atoms with Crippen molar-refractivity contribution in [2.75, 3.05) is 12.3 Å². The number of nitrogens with two attached hydrogens (primary N) is 1. The van der Waals surface area contributed by atoms with Gasteiger partial charge < -0.3 is 10.5 Å². The molecule has 0 atom stereocenters. The lowest BCUT2D eigenvalue weighted by molar-refractivity contribution is 0.292. The van der Waals surface area contributed by atoms with Gasteiger partial charge in [0.05, 0.1) is 12.8 Å². The van der Waals surface area contributed by atoms with Crippen molar-refractivity contribution in [3.8, 4) is 5.88 Å². The highest BCUT2D eigenvalue weighted by atomic mass is 19.1. The van der Waals surface area contributed by atoms with Crippen LogP contribution in [0.15, 0.2) is 6.20 Å². The monoisotopic (exact) mass is 185 g/mol. The fourth-order valence-electron chi connectivity index (χ4n) is 0.752. The summed E-state index contributed by atoms with van der Waals surface area (Å²) in [4.78, 5) is 7.04.